The van der Waals surface area contributed by atoms with Gasteiger partial charge in [0.15, 0.2) is 0 Å². The fourth-order valence-corrected chi connectivity index (χ4v) is 4.11. The molecule has 0 spiro atoms. The number of nitrogens with two attached hydrogens (primary N) is 1. The van der Waals surface area contributed by atoms with E-state index in [9.17, 15) is 0 Å². The van der Waals surface area contributed by atoms with Crippen molar-refractivity contribution in [3.63, 3.8) is 0 Å². The number of hydrogen-bond donors (Lipinski definition) is 1. The van der Waals surface area contributed by atoms with Crippen LogP contribution >= 0.6 is 0 Å². The first-order chi connectivity index (χ1) is 10.3. The van der Waals surface area contributed by atoms with Crippen molar-refractivity contribution in [2.45, 2.75) is 50.7 Å². The van der Waals surface area contributed by atoms with Crippen molar-refractivity contribution in [1.29, 1.82) is 0 Å². The minimum atomic E-state index is 0.478. The van der Waals surface area contributed by atoms with Crippen molar-refractivity contribution in [1.82, 2.24) is 9.80 Å². The van der Waals surface area contributed by atoms with Crippen LogP contribution in [-0.2, 0) is 6.42 Å². The Morgan fingerprint density at radius 1 is 1.19 bits per heavy atom. The second-order valence-electron chi connectivity index (χ2n) is 6.77. The summed E-state index contributed by atoms with van der Waals surface area (Å²) in [5, 5.41) is 0. The highest BCUT2D eigenvalue weighted by atomic mass is 15.3. The van der Waals surface area contributed by atoms with Gasteiger partial charge in [-0.3, -0.25) is 9.80 Å². The Balaban J connectivity index is 1.68. The third kappa shape index (κ3) is 3.47. The average molecular weight is 287 g/mol. The molecular formula is C18H29N3. The summed E-state index contributed by atoms with van der Waals surface area (Å²) in [5.41, 5.74) is 7.53. The molecule has 21 heavy (non-hydrogen) atoms. The molecule has 2 saturated heterocycles. The number of benzene rings is 1. The van der Waals surface area contributed by atoms with Gasteiger partial charge >= 0.3 is 0 Å². The van der Waals surface area contributed by atoms with E-state index < -0.39 is 0 Å². The topological polar surface area (TPSA) is 32.5 Å². The lowest BCUT2D eigenvalue weighted by Crippen LogP contribution is -2.62. The van der Waals surface area contributed by atoms with Gasteiger partial charge in [0.1, 0.15) is 0 Å². The second kappa shape index (κ2) is 6.91. The highest BCUT2D eigenvalue weighted by Crippen LogP contribution is 2.26. The number of hydrogen-bond acceptors (Lipinski definition) is 3. The lowest BCUT2D eigenvalue weighted by Gasteiger charge is -2.50. The SMILES string of the molecule is CC1CN2CCCCC2CN1C(CN)Cc1ccccc1. The van der Waals surface area contributed by atoms with Crippen LogP contribution in [0.15, 0.2) is 30.3 Å². The summed E-state index contributed by atoms with van der Waals surface area (Å²) in [6.45, 7) is 6.85. The Morgan fingerprint density at radius 3 is 2.76 bits per heavy atom. The molecule has 1 aromatic carbocycles. The highest BCUT2D eigenvalue weighted by molar-refractivity contribution is 5.16. The minimum absolute atomic E-state index is 0.478. The summed E-state index contributed by atoms with van der Waals surface area (Å²) >= 11 is 0. The molecular weight excluding hydrogens is 258 g/mol. The van der Waals surface area contributed by atoms with Gasteiger partial charge in [-0.1, -0.05) is 36.8 Å². The quantitative estimate of drug-likeness (QED) is 0.920. The van der Waals surface area contributed by atoms with Crippen LogP contribution in [0.1, 0.15) is 31.7 Å². The Morgan fingerprint density at radius 2 is 2.00 bits per heavy atom. The summed E-state index contributed by atoms with van der Waals surface area (Å²) in [6.07, 6.45) is 5.23. The number of nitrogens with zero attached hydrogens (tertiary/aromatic N) is 2. The molecule has 2 N–H and O–H groups in total. The minimum Gasteiger partial charge on any atom is -0.329 e. The normalized spacial score (nSPS) is 29.0. The van der Waals surface area contributed by atoms with Gasteiger partial charge < -0.3 is 5.73 Å². The maximum absolute atomic E-state index is 6.13. The van der Waals surface area contributed by atoms with E-state index in [4.69, 9.17) is 5.73 Å². The molecule has 3 rings (SSSR count). The van der Waals surface area contributed by atoms with Crippen LogP contribution in [-0.4, -0.2) is 54.1 Å². The van der Waals surface area contributed by atoms with Crippen molar-refractivity contribution < 1.29 is 0 Å². The van der Waals surface area contributed by atoms with Crippen molar-refractivity contribution in [2.24, 2.45) is 5.73 Å². The second-order valence-corrected chi connectivity index (χ2v) is 6.77. The standard InChI is InChI=1S/C18H29N3/c1-15-13-20-10-6-5-9-17(20)14-21(15)18(12-19)11-16-7-3-2-4-8-16/h2-4,7-8,15,17-18H,5-6,9-14,19H2,1H3. The number of piperazine rings is 1. The lowest BCUT2D eigenvalue weighted by atomic mass is 9.94. The molecule has 3 nitrogen and oxygen atoms in total. The van der Waals surface area contributed by atoms with Gasteiger partial charge in [-0.25, -0.2) is 0 Å². The zero-order valence-electron chi connectivity index (χ0n) is 13.2. The summed E-state index contributed by atoms with van der Waals surface area (Å²) in [6, 6.07) is 12.7. The number of rotatable bonds is 4. The zero-order chi connectivity index (χ0) is 14.7. The smallest absolute Gasteiger partial charge is 0.0262 e. The van der Waals surface area contributed by atoms with Gasteiger partial charge in [0.25, 0.3) is 0 Å². The fraction of sp³-hybridized carbons (Fsp3) is 0.667. The molecule has 2 fully saturated rings. The molecule has 116 valence electrons. The summed E-state index contributed by atoms with van der Waals surface area (Å²) < 4.78 is 0. The predicted molar refractivity (Wildman–Crippen MR) is 88.4 cm³/mol. The average Bonchev–Trinajstić information content (AvgIpc) is 2.53. The summed E-state index contributed by atoms with van der Waals surface area (Å²) in [5.74, 6) is 0. The van der Waals surface area contributed by atoms with E-state index in [0.29, 0.717) is 12.1 Å². The Hall–Kier alpha value is -0.900. The van der Waals surface area contributed by atoms with Crippen LogP contribution in [0.4, 0.5) is 0 Å². The van der Waals surface area contributed by atoms with Gasteiger partial charge in [-0.2, -0.15) is 0 Å². The monoisotopic (exact) mass is 287 g/mol. The molecule has 3 heteroatoms. The van der Waals surface area contributed by atoms with Gasteiger partial charge in [-0.05, 0) is 38.3 Å². The third-order valence-corrected chi connectivity index (χ3v) is 5.29. The molecule has 0 bridgehead atoms. The maximum Gasteiger partial charge on any atom is 0.0262 e. The van der Waals surface area contributed by atoms with E-state index in [0.717, 1.165) is 19.0 Å². The first-order valence-corrected chi connectivity index (χ1v) is 8.51. The van der Waals surface area contributed by atoms with Crippen LogP contribution in [0.25, 0.3) is 0 Å². The van der Waals surface area contributed by atoms with E-state index in [2.05, 4.69) is 47.1 Å². The largest absolute Gasteiger partial charge is 0.329 e. The maximum atomic E-state index is 6.13. The number of piperidine rings is 1. The molecule has 0 aliphatic carbocycles. The van der Waals surface area contributed by atoms with Crippen LogP contribution in [0.3, 0.4) is 0 Å². The molecule has 2 heterocycles. The Labute approximate surface area is 129 Å². The van der Waals surface area contributed by atoms with E-state index in [1.807, 2.05) is 0 Å². The lowest BCUT2D eigenvalue weighted by molar-refractivity contribution is -0.00588. The summed E-state index contributed by atoms with van der Waals surface area (Å²) in [7, 11) is 0. The van der Waals surface area contributed by atoms with Crippen molar-refractivity contribution in [3.05, 3.63) is 35.9 Å². The van der Waals surface area contributed by atoms with Gasteiger partial charge in [0.2, 0.25) is 0 Å². The van der Waals surface area contributed by atoms with E-state index in [1.165, 1.54) is 44.5 Å². The first kappa shape index (κ1) is 15.0. The van der Waals surface area contributed by atoms with Crippen molar-refractivity contribution in [2.75, 3.05) is 26.2 Å². The van der Waals surface area contributed by atoms with Gasteiger partial charge in [0.05, 0.1) is 0 Å². The Kier molecular flexibility index (Phi) is 4.94. The van der Waals surface area contributed by atoms with Crippen LogP contribution < -0.4 is 5.73 Å². The van der Waals surface area contributed by atoms with Crippen molar-refractivity contribution in [3.8, 4) is 0 Å². The van der Waals surface area contributed by atoms with E-state index in [1.54, 1.807) is 0 Å². The van der Waals surface area contributed by atoms with Crippen LogP contribution in [0.2, 0.25) is 0 Å². The molecule has 0 radical (unpaired) electrons. The molecule has 3 atom stereocenters. The zero-order valence-corrected chi connectivity index (χ0v) is 13.2. The molecule has 2 aliphatic heterocycles. The molecule has 0 saturated carbocycles. The summed E-state index contributed by atoms with van der Waals surface area (Å²) in [4.78, 5) is 5.39. The van der Waals surface area contributed by atoms with Gasteiger partial charge in [0, 0.05) is 37.8 Å². The third-order valence-electron chi connectivity index (χ3n) is 5.29. The molecule has 0 amide bonds. The number of fused-ring (bicyclic) bond motifs is 1. The van der Waals surface area contributed by atoms with Crippen molar-refractivity contribution >= 4 is 0 Å². The van der Waals surface area contributed by atoms with Gasteiger partial charge in [-0.15, -0.1) is 0 Å². The Bertz CT molecular complexity index is 433. The first-order valence-electron chi connectivity index (χ1n) is 8.51. The molecule has 0 aromatic heterocycles. The molecule has 2 aliphatic rings. The van der Waals surface area contributed by atoms with E-state index >= 15 is 0 Å². The predicted octanol–water partition coefficient (Wildman–Crippen LogP) is 2.12. The van der Waals surface area contributed by atoms with Crippen LogP contribution in [0.5, 0.6) is 0 Å². The molecule has 1 aromatic rings. The highest BCUT2D eigenvalue weighted by Gasteiger charge is 2.35. The van der Waals surface area contributed by atoms with E-state index in [-0.39, 0.29) is 0 Å². The van der Waals surface area contributed by atoms with Crippen LogP contribution in [0, 0.1) is 0 Å². The molecule has 3 unspecified atom stereocenters. The fourth-order valence-electron chi connectivity index (χ4n) is 4.11.